The number of nitrogens with zero attached hydrogens (tertiary/aromatic N) is 2. The van der Waals surface area contributed by atoms with Crippen molar-refractivity contribution >= 4 is 16.5 Å². The third kappa shape index (κ3) is 5.23. The van der Waals surface area contributed by atoms with E-state index in [0.717, 1.165) is 30.8 Å². The molecule has 0 saturated heterocycles. The minimum absolute atomic E-state index is 0.516. The number of nitrogens with one attached hydrogen (secondary N) is 1. The zero-order valence-electron chi connectivity index (χ0n) is 9.99. The molecule has 1 heterocycles. The number of hydrogen-bond donors (Lipinski definition) is 2. The maximum absolute atomic E-state index is 5.51. The molecule has 1 atom stereocenters. The van der Waals surface area contributed by atoms with Gasteiger partial charge in [0.15, 0.2) is 0 Å². The van der Waals surface area contributed by atoms with Crippen LogP contribution >= 0.6 is 11.3 Å². The first-order valence-corrected chi connectivity index (χ1v) is 6.35. The Bertz CT molecular complexity index is 334. The lowest BCUT2D eigenvalue weighted by Crippen LogP contribution is -2.28. The topological polar surface area (TPSA) is 63.8 Å². The monoisotopic (exact) mass is 240 g/mol. The first kappa shape index (κ1) is 13.1. The molecule has 5 heteroatoms. The van der Waals surface area contributed by atoms with Gasteiger partial charge >= 0.3 is 0 Å². The average molecular weight is 240 g/mol. The molecular weight excluding hydrogens is 220 g/mol. The van der Waals surface area contributed by atoms with Crippen LogP contribution in [0.1, 0.15) is 31.7 Å². The van der Waals surface area contributed by atoms with Crippen molar-refractivity contribution in [2.24, 2.45) is 0 Å². The summed E-state index contributed by atoms with van der Waals surface area (Å²) in [5, 5.41) is 12.8. The Morgan fingerprint density at radius 2 is 2.31 bits per heavy atom. The lowest BCUT2D eigenvalue weighted by atomic mass is 10.1. The molecule has 1 aromatic heterocycles. The van der Waals surface area contributed by atoms with Gasteiger partial charge in [0.25, 0.3) is 0 Å². The maximum Gasteiger partial charge on any atom is 0.203 e. The van der Waals surface area contributed by atoms with E-state index in [1.807, 2.05) is 0 Å². The smallest absolute Gasteiger partial charge is 0.203 e. The first-order valence-electron chi connectivity index (χ1n) is 5.53. The van der Waals surface area contributed by atoms with Gasteiger partial charge in [0, 0.05) is 19.0 Å². The van der Waals surface area contributed by atoms with E-state index in [9.17, 15) is 0 Å². The number of anilines is 1. The van der Waals surface area contributed by atoms with Crippen molar-refractivity contribution in [1.82, 2.24) is 15.5 Å². The Hall–Kier alpha value is -0.940. The summed E-state index contributed by atoms with van der Waals surface area (Å²) in [6.45, 7) is 9.08. The Morgan fingerprint density at radius 1 is 1.56 bits per heavy atom. The largest absolute Gasteiger partial charge is 0.374 e. The lowest BCUT2D eigenvalue weighted by Gasteiger charge is -2.12. The summed E-state index contributed by atoms with van der Waals surface area (Å²) >= 11 is 1.46. The maximum atomic E-state index is 5.51. The zero-order chi connectivity index (χ0) is 12.0. The van der Waals surface area contributed by atoms with E-state index in [1.54, 1.807) is 0 Å². The molecule has 0 unspecified atom stereocenters. The van der Waals surface area contributed by atoms with Gasteiger partial charge in [-0.25, -0.2) is 0 Å². The molecule has 0 fully saturated rings. The third-order valence-corrected chi connectivity index (χ3v) is 3.13. The van der Waals surface area contributed by atoms with Crippen molar-refractivity contribution in [1.29, 1.82) is 0 Å². The van der Waals surface area contributed by atoms with E-state index < -0.39 is 0 Å². The van der Waals surface area contributed by atoms with Crippen LogP contribution in [0.4, 0.5) is 5.13 Å². The molecule has 16 heavy (non-hydrogen) atoms. The fourth-order valence-corrected chi connectivity index (χ4v) is 1.97. The van der Waals surface area contributed by atoms with Crippen LogP contribution in [0.2, 0.25) is 0 Å². The summed E-state index contributed by atoms with van der Waals surface area (Å²) < 4.78 is 0. The summed E-state index contributed by atoms with van der Waals surface area (Å²) in [5.74, 6) is 0. The number of hydrogen-bond acceptors (Lipinski definition) is 5. The van der Waals surface area contributed by atoms with E-state index >= 15 is 0 Å². The molecule has 0 radical (unpaired) electrons. The molecule has 90 valence electrons. The molecule has 0 bridgehead atoms. The van der Waals surface area contributed by atoms with Crippen LogP contribution < -0.4 is 11.1 Å². The van der Waals surface area contributed by atoms with Crippen LogP contribution in [0.5, 0.6) is 0 Å². The van der Waals surface area contributed by atoms with Crippen LogP contribution in [-0.4, -0.2) is 22.8 Å². The highest BCUT2D eigenvalue weighted by atomic mass is 32.1. The zero-order valence-corrected chi connectivity index (χ0v) is 10.8. The lowest BCUT2D eigenvalue weighted by molar-refractivity contribution is 0.516. The van der Waals surface area contributed by atoms with Crippen molar-refractivity contribution < 1.29 is 0 Å². The van der Waals surface area contributed by atoms with Crippen LogP contribution in [0.25, 0.3) is 0 Å². The highest BCUT2D eigenvalue weighted by Gasteiger charge is 2.03. The number of nitrogen functional groups attached to an aromatic ring is 1. The minimum atomic E-state index is 0.516. The molecule has 0 saturated carbocycles. The summed E-state index contributed by atoms with van der Waals surface area (Å²) in [6, 6.07) is 0.516. The highest BCUT2D eigenvalue weighted by Crippen LogP contribution is 2.11. The Labute approximate surface area is 101 Å². The second-order valence-corrected chi connectivity index (χ2v) is 5.23. The molecule has 1 rings (SSSR count). The third-order valence-electron chi connectivity index (χ3n) is 2.32. The fraction of sp³-hybridized carbons (Fsp3) is 0.636. The van der Waals surface area contributed by atoms with Gasteiger partial charge in [0.05, 0.1) is 0 Å². The van der Waals surface area contributed by atoms with Crippen molar-refractivity contribution in [3.8, 4) is 0 Å². The van der Waals surface area contributed by atoms with Crippen LogP contribution in [0.15, 0.2) is 12.2 Å². The van der Waals surface area contributed by atoms with Gasteiger partial charge in [-0.3, -0.25) is 0 Å². The number of rotatable bonds is 7. The Balaban J connectivity index is 2.13. The van der Waals surface area contributed by atoms with Gasteiger partial charge in [-0.1, -0.05) is 16.9 Å². The van der Waals surface area contributed by atoms with Gasteiger partial charge in [-0.2, -0.15) is 0 Å². The Morgan fingerprint density at radius 3 is 2.88 bits per heavy atom. The van der Waals surface area contributed by atoms with E-state index in [1.165, 1.54) is 16.9 Å². The van der Waals surface area contributed by atoms with Gasteiger partial charge in [0.1, 0.15) is 5.01 Å². The molecule has 0 aliphatic rings. The molecule has 4 nitrogen and oxygen atoms in total. The minimum Gasteiger partial charge on any atom is -0.374 e. The van der Waals surface area contributed by atoms with Crippen LogP contribution in [-0.2, 0) is 6.42 Å². The molecule has 1 aromatic rings. The number of aromatic nitrogens is 2. The molecule has 0 aliphatic carbocycles. The first-order chi connectivity index (χ1) is 7.58. The standard InChI is InChI=1S/C11H20N4S/c1-8(2)4-5-9(3)13-7-6-10-14-15-11(12)16-10/h9,13H,1,4-7H2,2-3H3,(H2,12,15)/t9-/m1/s1. The van der Waals surface area contributed by atoms with Crippen LogP contribution in [0, 0.1) is 0 Å². The van der Waals surface area contributed by atoms with Crippen molar-refractivity contribution in [2.45, 2.75) is 39.2 Å². The normalized spacial score (nSPS) is 12.6. The number of nitrogens with two attached hydrogens (primary N) is 1. The quantitative estimate of drug-likeness (QED) is 0.715. The van der Waals surface area contributed by atoms with Crippen LogP contribution in [0.3, 0.4) is 0 Å². The molecule has 0 spiro atoms. The second kappa shape index (κ2) is 6.60. The molecule has 0 aliphatic heterocycles. The van der Waals surface area contributed by atoms with Gasteiger partial charge in [0.2, 0.25) is 5.13 Å². The SMILES string of the molecule is C=C(C)CC[C@@H](C)NCCc1nnc(N)s1. The van der Waals surface area contributed by atoms with E-state index in [0.29, 0.717) is 11.2 Å². The Kier molecular flexibility index (Phi) is 5.42. The van der Waals surface area contributed by atoms with E-state index in [-0.39, 0.29) is 0 Å². The molecular formula is C11H20N4S. The molecule has 0 amide bonds. The van der Waals surface area contributed by atoms with Gasteiger partial charge in [-0.15, -0.1) is 16.8 Å². The number of allylic oxidation sites excluding steroid dienone is 1. The predicted octanol–water partition coefficient (Wildman–Crippen LogP) is 2.00. The van der Waals surface area contributed by atoms with E-state index in [2.05, 4.69) is 35.9 Å². The highest BCUT2D eigenvalue weighted by molar-refractivity contribution is 7.15. The summed E-state index contributed by atoms with van der Waals surface area (Å²) in [6.07, 6.45) is 3.11. The van der Waals surface area contributed by atoms with Gasteiger partial charge in [-0.05, 0) is 26.7 Å². The molecule has 3 N–H and O–H groups in total. The summed E-state index contributed by atoms with van der Waals surface area (Å²) in [4.78, 5) is 0. The van der Waals surface area contributed by atoms with Crippen molar-refractivity contribution in [3.63, 3.8) is 0 Å². The average Bonchev–Trinajstić information content (AvgIpc) is 2.61. The van der Waals surface area contributed by atoms with E-state index in [4.69, 9.17) is 5.73 Å². The predicted molar refractivity (Wildman–Crippen MR) is 69.5 cm³/mol. The van der Waals surface area contributed by atoms with Gasteiger partial charge < -0.3 is 11.1 Å². The van der Waals surface area contributed by atoms with Crippen molar-refractivity contribution in [2.75, 3.05) is 12.3 Å². The summed E-state index contributed by atoms with van der Waals surface area (Å²) in [7, 11) is 0. The fourth-order valence-electron chi connectivity index (χ4n) is 1.36. The second-order valence-electron chi connectivity index (χ2n) is 4.13. The van der Waals surface area contributed by atoms with Crippen molar-refractivity contribution in [3.05, 3.63) is 17.2 Å². The molecule has 0 aromatic carbocycles. The summed E-state index contributed by atoms with van der Waals surface area (Å²) in [5.41, 5.74) is 6.75.